The van der Waals surface area contributed by atoms with Crippen molar-refractivity contribution >= 4 is 18.3 Å². The van der Waals surface area contributed by atoms with Gasteiger partial charge in [0.1, 0.15) is 5.75 Å². The lowest BCUT2D eigenvalue weighted by Crippen LogP contribution is -2.46. The fourth-order valence-corrected chi connectivity index (χ4v) is 3.31. The lowest BCUT2D eigenvalue weighted by atomic mass is 9.96. The molecule has 1 aliphatic heterocycles. The molecule has 148 valence electrons. The van der Waals surface area contributed by atoms with Gasteiger partial charge in [-0.15, -0.1) is 12.4 Å². The Labute approximate surface area is 165 Å². The van der Waals surface area contributed by atoms with Crippen LogP contribution < -0.4 is 10.1 Å². The fourth-order valence-electron chi connectivity index (χ4n) is 3.31. The molecule has 0 saturated carbocycles. The Bertz CT molecular complexity index is 569. The van der Waals surface area contributed by atoms with Crippen LogP contribution in [0.4, 0.5) is 0 Å². The number of likely N-dealkylation sites (tertiary alicyclic amines) is 1. The van der Waals surface area contributed by atoms with E-state index in [4.69, 9.17) is 4.74 Å². The smallest absolute Gasteiger partial charge is 0.263 e. The fraction of sp³-hybridized carbons (Fsp3) is 0.667. The quantitative estimate of drug-likeness (QED) is 0.769. The summed E-state index contributed by atoms with van der Waals surface area (Å²) >= 11 is 0. The Morgan fingerprint density at radius 1 is 1.27 bits per heavy atom. The van der Waals surface area contributed by atoms with Crippen molar-refractivity contribution in [2.45, 2.75) is 59.5 Å². The summed E-state index contributed by atoms with van der Waals surface area (Å²) in [4.78, 5) is 14.7. The van der Waals surface area contributed by atoms with Gasteiger partial charge in [0, 0.05) is 13.1 Å². The third kappa shape index (κ3) is 6.17. The van der Waals surface area contributed by atoms with Gasteiger partial charge in [-0.3, -0.25) is 4.79 Å². The van der Waals surface area contributed by atoms with Gasteiger partial charge in [0.25, 0.3) is 5.91 Å². The van der Waals surface area contributed by atoms with E-state index in [1.54, 1.807) is 0 Å². The standard InChI is InChI=1S/C21H34N2O2.ClH/c1-6-22-14-18-9-11-23(12-10-18)21(24)17(5)25-20-13-19(15(2)3)8-7-16(20)4;/h7-8,13,15,17-18,22H,6,9-12,14H2,1-5H3;1H. The molecule has 1 saturated heterocycles. The number of nitrogens with one attached hydrogen (secondary N) is 1. The molecular formula is C21H35ClN2O2. The second-order valence-electron chi connectivity index (χ2n) is 7.52. The van der Waals surface area contributed by atoms with Crippen LogP contribution >= 0.6 is 12.4 Å². The molecule has 4 nitrogen and oxygen atoms in total. The monoisotopic (exact) mass is 382 g/mol. The van der Waals surface area contributed by atoms with E-state index in [2.05, 4.69) is 44.3 Å². The van der Waals surface area contributed by atoms with Crippen molar-refractivity contribution in [1.29, 1.82) is 0 Å². The molecule has 1 heterocycles. The molecular weight excluding hydrogens is 348 g/mol. The van der Waals surface area contributed by atoms with Crippen molar-refractivity contribution in [3.63, 3.8) is 0 Å². The minimum atomic E-state index is -0.438. The first kappa shape index (κ1) is 22.8. The van der Waals surface area contributed by atoms with E-state index < -0.39 is 6.10 Å². The largest absolute Gasteiger partial charge is 0.481 e. The molecule has 1 fully saturated rings. The third-order valence-corrected chi connectivity index (χ3v) is 5.14. The second kappa shape index (κ2) is 10.8. The van der Waals surface area contributed by atoms with E-state index in [1.165, 1.54) is 5.56 Å². The van der Waals surface area contributed by atoms with Crippen molar-refractivity contribution in [2.75, 3.05) is 26.2 Å². The number of piperidine rings is 1. The van der Waals surface area contributed by atoms with Gasteiger partial charge in [-0.25, -0.2) is 0 Å². The van der Waals surface area contributed by atoms with Crippen molar-refractivity contribution in [3.05, 3.63) is 29.3 Å². The molecule has 1 aliphatic rings. The summed E-state index contributed by atoms with van der Waals surface area (Å²) in [6.45, 7) is 14.1. The Balaban J connectivity index is 0.00000338. The number of amides is 1. The van der Waals surface area contributed by atoms with Gasteiger partial charge in [-0.1, -0.05) is 32.9 Å². The maximum Gasteiger partial charge on any atom is 0.263 e. The van der Waals surface area contributed by atoms with Gasteiger partial charge in [0.15, 0.2) is 6.10 Å². The van der Waals surface area contributed by atoms with E-state index in [1.807, 2.05) is 18.7 Å². The lowest BCUT2D eigenvalue weighted by Gasteiger charge is -2.33. The second-order valence-corrected chi connectivity index (χ2v) is 7.52. The number of nitrogens with zero attached hydrogens (tertiary/aromatic N) is 1. The SMILES string of the molecule is CCNCC1CCN(C(=O)C(C)Oc2cc(C(C)C)ccc2C)CC1.Cl. The summed E-state index contributed by atoms with van der Waals surface area (Å²) in [5.41, 5.74) is 2.32. The molecule has 0 aliphatic carbocycles. The van der Waals surface area contributed by atoms with Crippen molar-refractivity contribution in [2.24, 2.45) is 5.92 Å². The van der Waals surface area contributed by atoms with Crippen LogP contribution in [0.15, 0.2) is 18.2 Å². The van der Waals surface area contributed by atoms with E-state index in [0.29, 0.717) is 11.8 Å². The van der Waals surface area contributed by atoms with Crippen LogP contribution in [-0.2, 0) is 4.79 Å². The molecule has 26 heavy (non-hydrogen) atoms. The van der Waals surface area contributed by atoms with Crippen molar-refractivity contribution in [3.8, 4) is 5.75 Å². The predicted molar refractivity (Wildman–Crippen MR) is 110 cm³/mol. The van der Waals surface area contributed by atoms with Gasteiger partial charge < -0.3 is 15.0 Å². The average molecular weight is 383 g/mol. The zero-order valence-corrected chi connectivity index (χ0v) is 17.7. The third-order valence-electron chi connectivity index (χ3n) is 5.14. The molecule has 1 amide bonds. The normalized spacial score (nSPS) is 16.3. The maximum atomic E-state index is 12.7. The zero-order valence-electron chi connectivity index (χ0n) is 16.9. The molecule has 0 radical (unpaired) electrons. The molecule has 5 heteroatoms. The van der Waals surface area contributed by atoms with Crippen LogP contribution in [0.5, 0.6) is 5.75 Å². The molecule has 1 atom stereocenters. The Morgan fingerprint density at radius 3 is 2.50 bits per heavy atom. The minimum Gasteiger partial charge on any atom is -0.481 e. The van der Waals surface area contributed by atoms with E-state index in [9.17, 15) is 4.79 Å². The predicted octanol–water partition coefficient (Wildman–Crippen LogP) is 4.16. The number of halogens is 1. The van der Waals surface area contributed by atoms with E-state index >= 15 is 0 Å². The minimum absolute atomic E-state index is 0. The van der Waals surface area contributed by atoms with Crippen LogP contribution in [-0.4, -0.2) is 43.1 Å². The summed E-state index contributed by atoms with van der Waals surface area (Å²) in [6, 6.07) is 6.29. The highest BCUT2D eigenvalue weighted by molar-refractivity contribution is 5.85. The number of aryl methyl sites for hydroxylation is 1. The zero-order chi connectivity index (χ0) is 18.4. The van der Waals surface area contributed by atoms with E-state index in [0.717, 1.165) is 50.3 Å². The Hall–Kier alpha value is -1.26. The van der Waals surface area contributed by atoms with Gasteiger partial charge in [0.2, 0.25) is 0 Å². The maximum absolute atomic E-state index is 12.7. The lowest BCUT2D eigenvalue weighted by molar-refractivity contribution is -0.139. The highest BCUT2D eigenvalue weighted by atomic mass is 35.5. The molecule has 0 bridgehead atoms. The number of hydrogen-bond acceptors (Lipinski definition) is 3. The average Bonchev–Trinajstić information content (AvgIpc) is 2.61. The number of carbonyl (C=O) groups is 1. The summed E-state index contributed by atoms with van der Waals surface area (Å²) in [7, 11) is 0. The van der Waals surface area contributed by atoms with Crippen LogP contribution in [0.3, 0.4) is 0 Å². The number of benzene rings is 1. The van der Waals surface area contributed by atoms with Crippen LogP contribution in [0, 0.1) is 12.8 Å². The molecule has 2 rings (SSSR count). The topological polar surface area (TPSA) is 41.6 Å². The van der Waals surface area contributed by atoms with Crippen molar-refractivity contribution < 1.29 is 9.53 Å². The first-order chi connectivity index (χ1) is 11.9. The summed E-state index contributed by atoms with van der Waals surface area (Å²) in [5.74, 6) is 2.07. The molecule has 1 N–H and O–H groups in total. The molecule has 0 spiro atoms. The number of rotatable bonds is 7. The molecule has 1 aromatic carbocycles. The highest BCUT2D eigenvalue weighted by Crippen LogP contribution is 2.26. The van der Waals surface area contributed by atoms with Gasteiger partial charge in [0.05, 0.1) is 0 Å². The number of carbonyl (C=O) groups excluding carboxylic acids is 1. The van der Waals surface area contributed by atoms with Crippen LogP contribution in [0.25, 0.3) is 0 Å². The number of ether oxygens (including phenoxy) is 1. The summed E-state index contributed by atoms with van der Waals surface area (Å²) in [5, 5.41) is 3.41. The number of hydrogen-bond donors (Lipinski definition) is 1. The summed E-state index contributed by atoms with van der Waals surface area (Å²) in [6.07, 6.45) is 1.71. The first-order valence-corrected chi connectivity index (χ1v) is 9.69. The summed E-state index contributed by atoms with van der Waals surface area (Å²) < 4.78 is 6.04. The van der Waals surface area contributed by atoms with Crippen LogP contribution in [0.1, 0.15) is 57.6 Å². The Morgan fingerprint density at radius 2 is 1.92 bits per heavy atom. The van der Waals surface area contributed by atoms with Gasteiger partial charge >= 0.3 is 0 Å². The molecule has 1 unspecified atom stereocenters. The molecule has 0 aromatic heterocycles. The molecule has 1 aromatic rings. The highest BCUT2D eigenvalue weighted by Gasteiger charge is 2.27. The first-order valence-electron chi connectivity index (χ1n) is 9.69. The van der Waals surface area contributed by atoms with Crippen molar-refractivity contribution in [1.82, 2.24) is 10.2 Å². The van der Waals surface area contributed by atoms with Gasteiger partial charge in [-0.2, -0.15) is 0 Å². The van der Waals surface area contributed by atoms with Gasteiger partial charge in [-0.05, 0) is 68.8 Å². The van der Waals surface area contributed by atoms with Crippen LogP contribution in [0.2, 0.25) is 0 Å². The van der Waals surface area contributed by atoms with E-state index in [-0.39, 0.29) is 18.3 Å². The Kier molecular flexibility index (Phi) is 9.45.